The lowest BCUT2D eigenvalue weighted by Crippen LogP contribution is -2.50. The fraction of sp³-hybridized carbons (Fsp3) is 0.500. The van der Waals surface area contributed by atoms with Gasteiger partial charge < -0.3 is 15.2 Å². The molecule has 2 rings (SSSR count). The van der Waals surface area contributed by atoms with Crippen molar-refractivity contribution in [2.24, 2.45) is 0 Å². The number of rotatable bonds is 3. The van der Waals surface area contributed by atoms with Crippen LogP contribution >= 0.6 is 0 Å². The molecule has 112 valence electrons. The summed E-state index contributed by atoms with van der Waals surface area (Å²) in [6.45, 7) is 4.57. The second kappa shape index (κ2) is 6.70. The maximum atomic E-state index is 12.5. The van der Waals surface area contributed by atoms with E-state index in [0.29, 0.717) is 24.3 Å². The second-order valence-corrected chi connectivity index (χ2v) is 5.31. The minimum atomic E-state index is -0.385. The number of aliphatic hydroxyl groups excluding tert-OH is 1. The Balaban J connectivity index is 2.18. The van der Waals surface area contributed by atoms with E-state index < -0.39 is 0 Å². The van der Waals surface area contributed by atoms with Gasteiger partial charge in [0.05, 0.1) is 23.8 Å². The number of nitrogens with one attached hydrogen (secondary N) is 1. The van der Waals surface area contributed by atoms with Crippen molar-refractivity contribution in [3.8, 4) is 11.8 Å². The fourth-order valence-corrected chi connectivity index (χ4v) is 2.22. The molecule has 1 aromatic rings. The third-order valence-corrected chi connectivity index (χ3v) is 3.77. The van der Waals surface area contributed by atoms with E-state index in [2.05, 4.69) is 22.1 Å². The van der Waals surface area contributed by atoms with Gasteiger partial charge in [-0.15, -0.1) is 0 Å². The van der Waals surface area contributed by atoms with Crippen LogP contribution in [0.3, 0.4) is 0 Å². The first-order valence-corrected chi connectivity index (χ1v) is 7.06. The Kier molecular flexibility index (Phi) is 4.94. The van der Waals surface area contributed by atoms with Crippen molar-refractivity contribution in [3.05, 3.63) is 29.6 Å². The van der Waals surface area contributed by atoms with E-state index in [1.165, 1.54) is 0 Å². The molecule has 1 amide bonds. The molecule has 5 heteroatoms. The van der Waals surface area contributed by atoms with Gasteiger partial charge in [0.15, 0.2) is 0 Å². The van der Waals surface area contributed by atoms with Crippen LogP contribution in [0, 0.1) is 11.8 Å². The van der Waals surface area contributed by atoms with Crippen molar-refractivity contribution in [3.63, 3.8) is 0 Å². The third kappa shape index (κ3) is 3.60. The number of aromatic nitrogens is 1. The molecule has 0 radical (unpaired) electrons. The molecule has 2 unspecified atom stereocenters. The highest BCUT2D eigenvalue weighted by molar-refractivity contribution is 5.95. The summed E-state index contributed by atoms with van der Waals surface area (Å²) >= 11 is 0. The first kappa shape index (κ1) is 15.5. The molecule has 1 fully saturated rings. The Morgan fingerprint density at radius 3 is 3.14 bits per heavy atom. The molecular formula is C16H20N2O3. The van der Waals surface area contributed by atoms with Crippen molar-refractivity contribution in [1.82, 2.24) is 10.3 Å². The summed E-state index contributed by atoms with van der Waals surface area (Å²) in [5.74, 6) is 5.45. The van der Waals surface area contributed by atoms with Crippen LogP contribution in [0.5, 0.6) is 0 Å². The minimum Gasteiger partial charge on any atom is -0.395 e. The molecule has 0 aromatic carbocycles. The standard InChI is InChI=1S/C16H20N2O3/c1-12-16(2,8-11-21-12)18-15(20)14-13(6-3-4-10-19)7-5-9-17-14/h5,7,9,12,19H,4,8,10-11H2,1-2H3,(H,18,20). The summed E-state index contributed by atoms with van der Waals surface area (Å²) in [6.07, 6.45) is 2.69. The maximum absolute atomic E-state index is 12.5. The molecule has 2 atom stereocenters. The lowest BCUT2D eigenvalue weighted by molar-refractivity contribution is 0.0724. The summed E-state index contributed by atoms with van der Waals surface area (Å²) in [5, 5.41) is 11.8. The molecule has 2 heterocycles. The number of pyridine rings is 1. The van der Waals surface area contributed by atoms with Gasteiger partial charge in [-0.1, -0.05) is 11.8 Å². The number of carbonyl (C=O) groups is 1. The minimum absolute atomic E-state index is 0.00170. The lowest BCUT2D eigenvalue weighted by atomic mass is 9.94. The van der Waals surface area contributed by atoms with Gasteiger partial charge in [-0.2, -0.15) is 0 Å². The van der Waals surface area contributed by atoms with Gasteiger partial charge in [0, 0.05) is 19.2 Å². The summed E-state index contributed by atoms with van der Waals surface area (Å²) in [7, 11) is 0. The molecule has 1 aliphatic heterocycles. The topological polar surface area (TPSA) is 71.5 Å². The second-order valence-electron chi connectivity index (χ2n) is 5.31. The van der Waals surface area contributed by atoms with Crippen LogP contribution in [0.25, 0.3) is 0 Å². The van der Waals surface area contributed by atoms with Gasteiger partial charge >= 0.3 is 0 Å². The van der Waals surface area contributed by atoms with E-state index in [1.807, 2.05) is 13.8 Å². The normalized spacial score (nSPS) is 24.2. The monoisotopic (exact) mass is 288 g/mol. The van der Waals surface area contributed by atoms with Crippen LogP contribution < -0.4 is 5.32 Å². The largest absolute Gasteiger partial charge is 0.395 e. The van der Waals surface area contributed by atoms with E-state index >= 15 is 0 Å². The average Bonchev–Trinajstić information content (AvgIpc) is 2.79. The quantitative estimate of drug-likeness (QED) is 0.817. The van der Waals surface area contributed by atoms with E-state index in [4.69, 9.17) is 9.84 Å². The highest BCUT2D eigenvalue weighted by atomic mass is 16.5. The Hall–Kier alpha value is -1.90. The smallest absolute Gasteiger partial charge is 0.271 e. The number of hydrogen-bond donors (Lipinski definition) is 2. The Morgan fingerprint density at radius 1 is 1.67 bits per heavy atom. The first-order valence-electron chi connectivity index (χ1n) is 7.06. The SMILES string of the molecule is CC1OCCC1(C)NC(=O)c1ncccc1C#CCCO. The molecule has 0 spiro atoms. The highest BCUT2D eigenvalue weighted by Crippen LogP contribution is 2.25. The number of carbonyl (C=O) groups excluding carboxylic acids is 1. The van der Waals surface area contributed by atoms with Crippen molar-refractivity contribution in [2.75, 3.05) is 13.2 Å². The Bertz CT molecular complexity index is 576. The number of nitrogens with zero attached hydrogens (tertiary/aromatic N) is 1. The molecule has 0 aliphatic carbocycles. The van der Waals surface area contributed by atoms with E-state index in [-0.39, 0.29) is 24.2 Å². The number of hydrogen-bond acceptors (Lipinski definition) is 4. The predicted octanol–water partition coefficient (Wildman–Crippen LogP) is 1.11. The van der Waals surface area contributed by atoms with Crippen molar-refractivity contribution < 1.29 is 14.6 Å². The fourth-order valence-electron chi connectivity index (χ4n) is 2.22. The molecule has 1 saturated heterocycles. The van der Waals surface area contributed by atoms with E-state index in [9.17, 15) is 4.79 Å². The van der Waals surface area contributed by atoms with Crippen LogP contribution in [0.2, 0.25) is 0 Å². The zero-order valence-corrected chi connectivity index (χ0v) is 12.3. The zero-order chi connectivity index (χ0) is 15.3. The Morgan fingerprint density at radius 2 is 2.48 bits per heavy atom. The summed E-state index contributed by atoms with van der Waals surface area (Å²) in [4.78, 5) is 16.6. The van der Waals surface area contributed by atoms with Crippen LogP contribution in [0.15, 0.2) is 18.3 Å². The van der Waals surface area contributed by atoms with Crippen molar-refractivity contribution >= 4 is 5.91 Å². The molecule has 1 aliphatic rings. The summed E-state index contributed by atoms with van der Waals surface area (Å²) in [6, 6.07) is 3.49. The van der Waals surface area contributed by atoms with E-state index in [1.54, 1.807) is 18.3 Å². The van der Waals surface area contributed by atoms with Gasteiger partial charge in [0.1, 0.15) is 5.69 Å². The van der Waals surface area contributed by atoms with Gasteiger partial charge in [0.2, 0.25) is 0 Å². The van der Waals surface area contributed by atoms with Gasteiger partial charge in [-0.3, -0.25) is 4.79 Å². The third-order valence-electron chi connectivity index (χ3n) is 3.77. The van der Waals surface area contributed by atoms with Gasteiger partial charge in [-0.05, 0) is 32.4 Å². The highest BCUT2D eigenvalue weighted by Gasteiger charge is 2.38. The lowest BCUT2D eigenvalue weighted by Gasteiger charge is -2.28. The van der Waals surface area contributed by atoms with Gasteiger partial charge in [0.25, 0.3) is 5.91 Å². The molecular weight excluding hydrogens is 268 g/mol. The molecule has 1 aromatic heterocycles. The average molecular weight is 288 g/mol. The zero-order valence-electron chi connectivity index (χ0n) is 12.3. The number of ether oxygens (including phenoxy) is 1. The van der Waals surface area contributed by atoms with Crippen molar-refractivity contribution in [1.29, 1.82) is 0 Å². The number of aliphatic hydroxyl groups is 1. The molecule has 0 bridgehead atoms. The van der Waals surface area contributed by atoms with Crippen LogP contribution in [0.4, 0.5) is 0 Å². The predicted molar refractivity (Wildman–Crippen MR) is 78.7 cm³/mol. The van der Waals surface area contributed by atoms with Gasteiger partial charge in [-0.25, -0.2) is 4.98 Å². The molecule has 0 saturated carbocycles. The molecule has 5 nitrogen and oxygen atoms in total. The van der Waals surface area contributed by atoms with E-state index in [0.717, 1.165) is 6.42 Å². The van der Waals surface area contributed by atoms with Crippen LogP contribution in [-0.2, 0) is 4.74 Å². The van der Waals surface area contributed by atoms with Crippen molar-refractivity contribution in [2.45, 2.75) is 38.3 Å². The molecule has 2 N–H and O–H groups in total. The van der Waals surface area contributed by atoms with Crippen LogP contribution in [0.1, 0.15) is 42.7 Å². The summed E-state index contributed by atoms with van der Waals surface area (Å²) < 4.78 is 5.52. The maximum Gasteiger partial charge on any atom is 0.271 e. The molecule has 21 heavy (non-hydrogen) atoms. The number of amides is 1. The Labute approximate surface area is 124 Å². The first-order chi connectivity index (χ1) is 10.1. The van der Waals surface area contributed by atoms with Crippen LogP contribution in [-0.4, -0.2) is 40.9 Å². The summed E-state index contributed by atoms with van der Waals surface area (Å²) in [5.41, 5.74) is 0.492.